The molecule has 0 spiro atoms. The van der Waals surface area contributed by atoms with Crippen LogP contribution in [0.2, 0.25) is 0 Å². The number of carboxylic acid groups (broad SMARTS) is 1. The van der Waals surface area contributed by atoms with Gasteiger partial charge in [0.05, 0.1) is 25.3 Å². The highest BCUT2D eigenvalue weighted by Gasteiger charge is 2.36. The summed E-state index contributed by atoms with van der Waals surface area (Å²) < 4.78 is 11.9. The largest absolute Gasteiger partial charge is 0.550 e. The Bertz CT molecular complexity index is 1120. The monoisotopic (exact) mass is 404 g/mol. The van der Waals surface area contributed by atoms with Gasteiger partial charge in [0.2, 0.25) is 0 Å². The van der Waals surface area contributed by atoms with E-state index in [9.17, 15) is 14.7 Å². The summed E-state index contributed by atoms with van der Waals surface area (Å²) in [6.45, 7) is 5.09. The number of ether oxygens (including phenoxy) is 2. The van der Waals surface area contributed by atoms with Gasteiger partial charge in [0, 0.05) is 34.4 Å². The zero-order valence-corrected chi connectivity index (χ0v) is 16.9. The molecule has 0 aliphatic carbocycles. The van der Waals surface area contributed by atoms with Crippen LogP contribution in [0.15, 0.2) is 48.5 Å². The quantitative estimate of drug-likeness (QED) is 0.605. The Balaban J connectivity index is 1.83. The second kappa shape index (κ2) is 8.06. The first-order chi connectivity index (χ1) is 14.5. The van der Waals surface area contributed by atoms with Gasteiger partial charge in [-0.2, -0.15) is 0 Å². The summed E-state index contributed by atoms with van der Waals surface area (Å²) in [6.07, 6.45) is -0.164. The van der Waals surface area contributed by atoms with Crippen LogP contribution in [0.1, 0.15) is 35.3 Å². The number of carbonyl (C=O) groups excluding carboxylic acids is 2. The average Bonchev–Trinajstić information content (AvgIpc) is 3.08. The molecule has 0 atom stereocenters. The molecule has 30 heavy (non-hydrogen) atoms. The second-order valence-corrected chi connectivity index (χ2v) is 7.03. The standard InChI is InChI=1S/C24H23NO5/c1-3-29-22-17-7-5-6-8-18(17)23(30-4-2)21-19(22)14-25(24(21)28)16-11-9-15(10-12-16)13-20(26)27/h5-12H,3-4,13-14H2,1-2H3,(H,26,27)/p-1. The van der Waals surface area contributed by atoms with E-state index in [1.54, 1.807) is 29.2 Å². The van der Waals surface area contributed by atoms with E-state index < -0.39 is 5.97 Å². The topological polar surface area (TPSA) is 78.9 Å². The molecule has 154 valence electrons. The third-order valence-electron chi connectivity index (χ3n) is 5.17. The average molecular weight is 404 g/mol. The van der Waals surface area contributed by atoms with E-state index in [-0.39, 0.29) is 12.3 Å². The van der Waals surface area contributed by atoms with Crippen LogP contribution in [0.3, 0.4) is 0 Å². The minimum Gasteiger partial charge on any atom is -0.550 e. The molecule has 0 saturated carbocycles. The minimum absolute atomic E-state index is 0.159. The lowest BCUT2D eigenvalue weighted by Crippen LogP contribution is -2.25. The van der Waals surface area contributed by atoms with Gasteiger partial charge in [0.25, 0.3) is 5.91 Å². The van der Waals surface area contributed by atoms with E-state index in [1.165, 1.54) is 0 Å². The maximum Gasteiger partial charge on any atom is 0.262 e. The number of fused-ring (bicyclic) bond motifs is 2. The van der Waals surface area contributed by atoms with E-state index >= 15 is 0 Å². The molecule has 1 aliphatic rings. The lowest BCUT2D eigenvalue weighted by Gasteiger charge is -2.16. The third-order valence-corrected chi connectivity index (χ3v) is 5.17. The Labute approximate surface area is 174 Å². The van der Waals surface area contributed by atoms with Crippen molar-refractivity contribution >= 4 is 28.3 Å². The number of rotatable bonds is 7. The van der Waals surface area contributed by atoms with Crippen molar-refractivity contribution < 1.29 is 24.2 Å². The highest BCUT2D eigenvalue weighted by Crippen LogP contribution is 2.46. The van der Waals surface area contributed by atoms with Gasteiger partial charge < -0.3 is 24.3 Å². The molecule has 0 radical (unpaired) electrons. The maximum absolute atomic E-state index is 13.4. The molecule has 1 aliphatic heterocycles. The highest BCUT2D eigenvalue weighted by molar-refractivity contribution is 6.16. The van der Waals surface area contributed by atoms with Crippen molar-refractivity contribution in [1.29, 1.82) is 0 Å². The Morgan fingerprint density at radius 2 is 1.57 bits per heavy atom. The van der Waals surface area contributed by atoms with Crippen LogP contribution in [0.5, 0.6) is 11.5 Å². The summed E-state index contributed by atoms with van der Waals surface area (Å²) in [5.74, 6) is -0.0155. The van der Waals surface area contributed by atoms with Crippen molar-refractivity contribution in [2.45, 2.75) is 26.8 Å². The molecule has 0 unspecified atom stereocenters. The fourth-order valence-corrected chi connectivity index (χ4v) is 3.94. The molecule has 1 heterocycles. The van der Waals surface area contributed by atoms with Gasteiger partial charge >= 0.3 is 0 Å². The minimum atomic E-state index is -1.14. The van der Waals surface area contributed by atoms with Crippen molar-refractivity contribution in [1.82, 2.24) is 0 Å². The Kier molecular flexibility index (Phi) is 5.31. The number of nitrogens with zero attached hydrogens (tertiary/aromatic N) is 1. The number of carboxylic acids is 1. The summed E-state index contributed by atoms with van der Waals surface area (Å²) in [4.78, 5) is 25.9. The molecular formula is C24H22NO5-. The zero-order chi connectivity index (χ0) is 21.3. The first-order valence-electron chi connectivity index (χ1n) is 9.99. The molecule has 0 fully saturated rings. The molecular weight excluding hydrogens is 382 g/mol. The molecule has 1 amide bonds. The first-order valence-corrected chi connectivity index (χ1v) is 9.99. The predicted molar refractivity (Wildman–Crippen MR) is 112 cm³/mol. The van der Waals surface area contributed by atoms with Crippen molar-refractivity contribution in [2.75, 3.05) is 18.1 Å². The fraction of sp³-hybridized carbons (Fsp3) is 0.250. The van der Waals surface area contributed by atoms with Crippen LogP contribution in [0.25, 0.3) is 10.8 Å². The normalized spacial score (nSPS) is 12.9. The Hall–Kier alpha value is -3.54. The van der Waals surface area contributed by atoms with Crippen LogP contribution < -0.4 is 19.5 Å². The summed E-state index contributed by atoms with van der Waals surface area (Å²) in [5, 5.41) is 12.6. The predicted octanol–water partition coefficient (Wildman–Crippen LogP) is 3.09. The van der Waals surface area contributed by atoms with Gasteiger partial charge in [-0.1, -0.05) is 36.4 Å². The van der Waals surface area contributed by atoms with Crippen molar-refractivity contribution in [2.24, 2.45) is 0 Å². The molecule has 0 N–H and O–H groups in total. The second-order valence-electron chi connectivity index (χ2n) is 7.03. The number of anilines is 1. The highest BCUT2D eigenvalue weighted by atomic mass is 16.5. The number of aliphatic carboxylic acids is 1. The lowest BCUT2D eigenvalue weighted by molar-refractivity contribution is -0.304. The van der Waals surface area contributed by atoms with Crippen molar-refractivity contribution in [3.63, 3.8) is 0 Å². The van der Waals surface area contributed by atoms with Crippen LogP contribution in [0, 0.1) is 0 Å². The van der Waals surface area contributed by atoms with Crippen molar-refractivity contribution in [3.05, 3.63) is 65.2 Å². The molecule has 0 aromatic heterocycles. The van der Waals surface area contributed by atoms with E-state index in [0.717, 1.165) is 16.3 Å². The lowest BCUT2D eigenvalue weighted by atomic mass is 9.99. The van der Waals surface area contributed by atoms with Crippen LogP contribution >= 0.6 is 0 Å². The molecule has 3 aromatic carbocycles. The summed E-state index contributed by atoms with van der Waals surface area (Å²) in [7, 11) is 0. The third kappa shape index (κ3) is 3.34. The Morgan fingerprint density at radius 3 is 2.17 bits per heavy atom. The number of hydrogen-bond donors (Lipinski definition) is 0. The van der Waals surface area contributed by atoms with Crippen LogP contribution in [-0.2, 0) is 17.8 Å². The molecule has 0 bridgehead atoms. The Morgan fingerprint density at radius 1 is 0.967 bits per heavy atom. The smallest absolute Gasteiger partial charge is 0.262 e. The molecule has 0 saturated heterocycles. The summed E-state index contributed by atoms with van der Waals surface area (Å²) in [6, 6.07) is 14.7. The van der Waals surface area contributed by atoms with Gasteiger partial charge in [0.1, 0.15) is 11.5 Å². The molecule has 3 aromatic rings. The maximum atomic E-state index is 13.4. The van der Waals surface area contributed by atoms with Crippen molar-refractivity contribution in [3.8, 4) is 11.5 Å². The number of amides is 1. The van der Waals surface area contributed by atoms with E-state index in [2.05, 4.69) is 0 Å². The van der Waals surface area contributed by atoms with E-state index in [1.807, 2.05) is 38.1 Å². The first kappa shape index (κ1) is 19.8. The SMILES string of the molecule is CCOc1c2c(c(OCC)c3ccccc13)C(=O)N(c1ccc(CC(=O)[O-])cc1)C2. The number of benzene rings is 3. The van der Waals surface area contributed by atoms with Crippen LogP contribution in [-0.4, -0.2) is 25.1 Å². The number of hydrogen-bond acceptors (Lipinski definition) is 5. The summed E-state index contributed by atoms with van der Waals surface area (Å²) >= 11 is 0. The van der Waals surface area contributed by atoms with Gasteiger partial charge in [-0.3, -0.25) is 4.79 Å². The van der Waals surface area contributed by atoms with Gasteiger partial charge in [-0.15, -0.1) is 0 Å². The van der Waals surface area contributed by atoms with Crippen LogP contribution in [0.4, 0.5) is 5.69 Å². The summed E-state index contributed by atoms with van der Waals surface area (Å²) in [5.41, 5.74) is 2.64. The van der Waals surface area contributed by atoms with Gasteiger partial charge in [-0.25, -0.2) is 0 Å². The molecule has 6 heteroatoms. The fourth-order valence-electron chi connectivity index (χ4n) is 3.94. The van der Waals surface area contributed by atoms with Gasteiger partial charge in [0.15, 0.2) is 0 Å². The number of carbonyl (C=O) groups is 2. The van der Waals surface area contributed by atoms with E-state index in [0.29, 0.717) is 48.1 Å². The molecule has 4 rings (SSSR count). The van der Waals surface area contributed by atoms with Gasteiger partial charge in [-0.05, 0) is 31.5 Å². The van der Waals surface area contributed by atoms with E-state index in [4.69, 9.17) is 9.47 Å². The molecule has 6 nitrogen and oxygen atoms in total. The zero-order valence-electron chi connectivity index (χ0n) is 16.9.